The van der Waals surface area contributed by atoms with Gasteiger partial charge in [-0.15, -0.1) is 5.10 Å². The molecule has 168 valence electrons. The summed E-state index contributed by atoms with van der Waals surface area (Å²) in [5.41, 5.74) is 0.632. The predicted molar refractivity (Wildman–Crippen MR) is 106 cm³/mol. The number of carbonyl (C=O) groups excluding carboxylic acids is 1. The Bertz CT molecular complexity index is 911. The topological polar surface area (TPSA) is 94.4 Å². The highest BCUT2D eigenvalue weighted by Gasteiger charge is 2.28. The van der Waals surface area contributed by atoms with Gasteiger partial charge in [0.25, 0.3) is 0 Å². The van der Waals surface area contributed by atoms with Crippen LogP contribution in [0, 0.1) is 0 Å². The minimum absolute atomic E-state index is 0.0694. The van der Waals surface area contributed by atoms with E-state index in [1.165, 1.54) is 4.68 Å². The van der Waals surface area contributed by atoms with Crippen molar-refractivity contribution in [3.63, 3.8) is 0 Å². The van der Waals surface area contributed by atoms with Crippen LogP contribution >= 0.6 is 0 Å². The number of likely N-dealkylation sites (tertiary alicyclic amines) is 1. The number of nitrogens with zero attached hydrogens (tertiary/aromatic N) is 5. The summed E-state index contributed by atoms with van der Waals surface area (Å²) in [6.45, 7) is 2.95. The lowest BCUT2D eigenvalue weighted by Crippen LogP contribution is -2.33. The van der Waals surface area contributed by atoms with Gasteiger partial charge in [0.15, 0.2) is 17.3 Å². The third-order valence-corrected chi connectivity index (χ3v) is 5.47. The average Bonchev–Trinajstić information content (AvgIpc) is 3.50. The molecule has 0 bridgehead atoms. The quantitative estimate of drug-likeness (QED) is 0.645. The van der Waals surface area contributed by atoms with Crippen molar-refractivity contribution in [3.05, 3.63) is 24.0 Å². The van der Waals surface area contributed by atoms with Crippen molar-refractivity contribution in [2.24, 2.45) is 0 Å². The van der Waals surface area contributed by atoms with Crippen molar-refractivity contribution in [3.8, 4) is 17.2 Å². The first-order chi connectivity index (χ1) is 14.9. The van der Waals surface area contributed by atoms with Gasteiger partial charge in [0.2, 0.25) is 18.6 Å². The van der Waals surface area contributed by atoms with E-state index in [0.717, 1.165) is 32.9 Å². The molecule has 2 aliphatic heterocycles. The van der Waals surface area contributed by atoms with Crippen LogP contribution in [0.15, 0.2) is 18.2 Å². The predicted octanol–water partition coefficient (Wildman–Crippen LogP) is 2.47. The Kier molecular flexibility index (Phi) is 6.30. The second-order valence-corrected chi connectivity index (χ2v) is 7.94. The number of tetrazole rings is 1. The van der Waals surface area contributed by atoms with E-state index in [1.54, 1.807) is 18.2 Å². The highest BCUT2D eigenvalue weighted by atomic mass is 19.3. The fraction of sp³-hybridized carbons (Fsp3) is 0.600. The van der Waals surface area contributed by atoms with E-state index in [-0.39, 0.29) is 25.5 Å². The minimum atomic E-state index is -2.82. The van der Waals surface area contributed by atoms with Crippen LogP contribution in [0.25, 0.3) is 5.69 Å². The molecular weight excluding hydrogens is 410 g/mol. The fourth-order valence-electron chi connectivity index (χ4n) is 3.81. The molecule has 0 radical (unpaired) electrons. The number of aromatic nitrogens is 4. The lowest BCUT2D eigenvalue weighted by Gasteiger charge is -2.21. The maximum atomic E-state index is 13.6. The van der Waals surface area contributed by atoms with E-state index in [2.05, 4.69) is 20.8 Å². The monoisotopic (exact) mass is 436 g/mol. The lowest BCUT2D eigenvalue weighted by molar-refractivity contribution is -0.130. The molecule has 0 spiro atoms. The van der Waals surface area contributed by atoms with Gasteiger partial charge in [0, 0.05) is 38.5 Å². The highest BCUT2D eigenvalue weighted by Crippen LogP contribution is 2.34. The van der Waals surface area contributed by atoms with Gasteiger partial charge >= 0.3 is 0 Å². The highest BCUT2D eigenvalue weighted by molar-refractivity contribution is 5.76. The normalized spacial score (nSPS) is 16.7. The third kappa shape index (κ3) is 5.27. The van der Waals surface area contributed by atoms with Crippen LogP contribution in [-0.4, -0.2) is 63.4 Å². The van der Waals surface area contributed by atoms with Crippen LogP contribution in [-0.2, 0) is 4.79 Å². The van der Waals surface area contributed by atoms with E-state index in [1.807, 2.05) is 4.90 Å². The number of ether oxygens (including phenoxy) is 2. The Morgan fingerprint density at radius 1 is 1.26 bits per heavy atom. The van der Waals surface area contributed by atoms with Crippen LogP contribution in [0.5, 0.6) is 11.5 Å². The maximum Gasteiger partial charge on any atom is 0.245 e. The summed E-state index contributed by atoms with van der Waals surface area (Å²) in [5.74, 6) is -1.15. The Morgan fingerprint density at radius 3 is 2.81 bits per heavy atom. The molecule has 2 aliphatic rings. The molecular formula is C20H26F2N6O3. The molecule has 11 heteroatoms. The van der Waals surface area contributed by atoms with Crippen LogP contribution in [0.2, 0.25) is 0 Å². The minimum Gasteiger partial charge on any atom is -0.454 e. The first-order valence-corrected chi connectivity index (χ1v) is 10.5. The van der Waals surface area contributed by atoms with Crippen LogP contribution in [0.3, 0.4) is 0 Å². The first kappa shape index (κ1) is 21.4. The average molecular weight is 436 g/mol. The molecule has 0 aliphatic carbocycles. The Labute approximate surface area is 178 Å². The van der Waals surface area contributed by atoms with Crippen LogP contribution < -0.4 is 14.8 Å². The van der Waals surface area contributed by atoms with Gasteiger partial charge in [-0.1, -0.05) is 0 Å². The molecule has 3 heterocycles. The molecule has 1 saturated heterocycles. The van der Waals surface area contributed by atoms with Crippen molar-refractivity contribution in [1.29, 1.82) is 0 Å². The number of nitrogens with one attached hydrogen (secondary N) is 1. The molecule has 0 saturated carbocycles. The smallest absolute Gasteiger partial charge is 0.245 e. The fourth-order valence-corrected chi connectivity index (χ4v) is 3.81. The number of hydrogen-bond donors (Lipinski definition) is 1. The summed E-state index contributed by atoms with van der Waals surface area (Å²) in [6.07, 6.45) is 2.13. The van der Waals surface area contributed by atoms with Crippen molar-refractivity contribution in [2.75, 3.05) is 26.4 Å². The number of carbonyl (C=O) groups is 1. The van der Waals surface area contributed by atoms with Gasteiger partial charge in [0.05, 0.1) is 11.7 Å². The molecule has 1 fully saturated rings. The molecule has 1 aromatic heterocycles. The Hall–Kier alpha value is -2.82. The van der Waals surface area contributed by atoms with Crippen LogP contribution in [0.1, 0.15) is 50.9 Å². The third-order valence-electron chi connectivity index (χ3n) is 5.47. The summed E-state index contributed by atoms with van der Waals surface area (Å²) >= 11 is 0. The van der Waals surface area contributed by atoms with E-state index in [9.17, 15) is 13.6 Å². The van der Waals surface area contributed by atoms with Crippen LogP contribution in [0.4, 0.5) is 8.78 Å². The molecule has 2 aromatic rings. The molecule has 31 heavy (non-hydrogen) atoms. The van der Waals surface area contributed by atoms with Gasteiger partial charge in [-0.2, -0.15) is 4.68 Å². The number of alkyl halides is 2. The molecule has 1 aromatic carbocycles. The van der Waals surface area contributed by atoms with Crippen molar-refractivity contribution < 1.29 is 23.0 Å². The zero-order valence-corrected chi connectivity index (χ0v) is 17.4. The largest absolute Gasteiger partial charge is 0.454 e. The van der Waals surface area contributed by atoms with Gasteiger partial charge in [-0.25, -0.2) is 8.78 Å². The molecule has 1 amide bonds. The van der Waals surface area contributed by atoms with Gasteiger partial charge < -0.3 is 19.7 Å². The maximum absolute atomic E-state index is 13.6. The molecule has 1 unspecified atom stereocenters. The first-order valence-electron chi connectivity index (χ1n) is 10.5. The van der Waals surface area contributed by atoms with Crippen molar-refractivity contribution in [1.82, 2.24) is 30.4 Å². The number of fused-ring (bicyclic) bond motifs is 1. The summed E-state index contributed by atoms with van der Waals surface area (Å²) < 4.78 is 39.4. The number of amides is 1. The Balaban J connectivity index is 1.48. The van der Waals surface area contributed by atoms with Gasteiger partial charge in [0.1, 0.15) is 0 Å². The lowest BCUT2D eigenvalue weighted by atomic mass is 10.1. The molecule has 1 atom stereocenters. The van der Waals surface area contributed by atoms with Gasteiger partial charge in [-0.05, 0) is 48.7 Å². The number of halogens is 2. The zero-order chi connectivity index (χ0) is 21.8. The van der Waals surface area contributed by atoms with E-state index in [4.69, 9.17) is 9.47 Å². The Morgan fingerprint density at radius 2 is 2.03 bits per heavy atom. The number of hydrogen-bond acceptors (Lipinski definition) is 7. The van der Waals surface area contributed by atoms with E-state index < -0.39 is 12.0 Å². The summed E-state index contributed by atoms with van der Waals surface area (Å²) in [7, 11) is 0. The molecule has 1 N–H and O–H groups in total. The summed E-state index contributed by atoms with van der Waals surface area (Å²) in [5, 5.41) is 15.1. The molecule has 4 rings (SSSR count). The number of benzene rings is 1. The van der Waals surface area contributed by atoms with Crippen molar-refractivity contribution in [2.45, 2.75) is 51.0 Å². The number of rotatable bonds is 9. The van der Waals surface area contributed by atoms with E-state index >= 15 is 0 Å². The SMILES string of the molecule is CC(F)(F)CCC(NCCC(=O)N1CCCC1)c1nnnn1-c1ccc2c(c1)OCO2. The standard InChI is InChI=1S/C20H26F2N6O3/c1-20(21,22)8-6-15(23-9-7-18(29)27-10-2-3-11-27)19-24-25-26-28(19)14-4-5-16-17(12-14)31-13-30-16/h4-5,12,15,23H,2-3,6-11,13H2,1H3. The van der Waals surface area contributed by atoms with Gasteiger partial charge in [-0.3, -0.25) is 4.79 Å². The molecule has 9 nitrogen and oxygen atoms in total. The second-order valence-electron chi connectivity index (χ2n) is 7.94. The van der Waals surface area contributed by atoms with E-state index in [0.29, 0.717) is 36.0 Å². The zero-order valence-electron chi connectivity index (χ0n) is 17.4. The summed E-state index contributed by atoms with van der Waals surface area (Å²) in [4.78, 5) is 14.2. The van der Waals surface area contributed by atoms with Crippen molar-refractivity contribution >= 4 is 5.91 Å². The summed E-state index contributed by atoms with van der Waals surface area (Å²) in [6, 6.07) is 4.72. The second kappa shape index (κ2) is 9.13.